The maximum Gasteiger partial charge on any atom is 0.152 e. The second-order valence-electron chi connectivity index (χ2n) is 7.23. The van der Waals surface area contributed by atoms with Crippen LogP contribution in [0.5, 0.6) is 0 Å². The molecular weight excluding hydrogens is 362 g/mol. The molecule has 0 atom stereocenters. The SMILES string of the molecule is N=C1C=C(c2ccc(-c3ccccc3CN3CCOCC3)cc2)C=C(C=O)C1=N. The van der Waals surface area contributed by atoms with Crippen molar-refractivity contribution in [1.29, 1.82) is 10.8 Å². The van der Waals surface area contributed by atoms with Crippen LogP contribution in [0.4, 0.5) is 0 Å². The Labute approximate surface area is 170 Å². The van der Waals surface area contributed by atoms with Gasteiger partial charge in [0, 0.05) is 25.2 Å². The fourth-order valence-corrected chi connectivity index (χ4v) is 3.71. The standard InChI is InChI=1S/C24H23N3O2/c25-23-14-20(13-21(16-28)24(23)26)17-5-7-18(8-6-17)22-4-2-1-3-19(22)15-27-9-11-29-12-10-27/h1-8,13-14,16,25-26H,9-12,15H2. The van der Waals surface area contributed by atoms with Crippen molar-refractivity contribution in [1.82, 2.24) is 4.90 Å². The van der Waals surface area contributed by atoms with E-state index in [2.05, 4.69) is 41.3 Å². The third-order valence-electron chi connectivity index (χ3n) is 5.34. The number of morpholine rings is 1. The minimum Gasteiger partial charge on any atom is -0.379 e. The number of carbonyl (C=O) groups excluding carboxylic acids is 1. The molecule has 1 heterocycles. The smallest absolute Gasteiger partial charge is 0.152 e. The van der Waals surface area contributed by atoms with Crippen molar-refractivity contribution in [2.75, 3.05) is 26.3 Å². The number of hydrogen-bond donors (Lipinski definition) is 2. The summed E-state index contributed by atoms with van der Waals surface area (Å²) in [5.74, 6) is 0. The van der Waals surface area contributed by atoms with E-state index in [-0.39, 0.29) is 17.0 Å². The molecule has 4 rings (SSSR count). The first kappa shape index (κ1) is 19.2. The number of carbonyl (C=O) groups is 1. The molecule has 0 bridgehead atoms. The number of ether oxygens (including phenoxy) is 1. The Kier molecular flexibility index (Phi) is 5.60. The van der Waals surface area contributed by atoms with Gasteiger partial charge in [0.1, 0.15) is 0 Å². The van der Waals surface area contributed by atoms with Gasteiger partial charge in [0.25, 0.3) is 0 Å². The van der Waals surface area contributed by atoms with Gasteiger partial charge in [0.2, 0.25) is 0 Å². The lowest BCUT2D eigenvalue weighted by molar-refractivity contribution is -0.104. The first-order valence-corrected chi connectivity index (χ1v) is 9.71. The lowest BCUT2D eigenvalue weighted by atomic mass is 9.91. The minimum absolute atomic E-state index is 0.0302. The van der Waals surface area contributed by atoms with E-state index in [4.69, 9.17) is 15.6 Å². The van der Waals surface area contributed by atoms with E-state index in [0.717, 1.165) is 49.5 Å². The van der Waals surface area contributed by atoms with Crippen molar-refractivity contribution in [2.24, 2.45) is 0 Å². The predicted molar refractivity (Wildman–Crippen MR) is 116 cm³/mol. The van der Waals surface area contributed by atoms with Gasteiger partial charge in [0.05, 0.1) is 24.6 Å². The highest BCUT2D eigenvalue weighted by molar-refractivity contribution is 6.55. The fourth-order valence-electron chi connectivity index (χ4n) is 3.71. The molecule has 0 amide bonds. The van der Waals surface area contributed by atoms with Crippen molar-refractivity contribution < 1.29 is 9.53 Å². The predicted octanol–water partition coefficient (Wildman–Crippen LogP) is 3.75. The van der Waals surface area contributed by atoms with Gasteiger partial charge in [0.15, 0.2) is 6.29 Å². The second kappa shape index (κ2) is 8.47. The summed E-state index contributed by atoms with van der Waals surface area (Å²) in [7, 11) is 0. The van der Waals surface area contributed by atoms with E-state index in [1.807, 2.05) is 12.1 Å². The number of benzene rings is 2. The van der Waals surface area contributed by atoms with Crippen molar-refractivity contribution >= 4 is 23.3 Å². The van der Waals surface area contributed by atoms with Gasteiger partial charge in [-0.05, 0) is 40.0 Å². The molecule has 29 heavy (non-hydrogen) atoms. The van der Waals surface area contributed by atoms with E-state index >= 15 is 0 Å². The van der Waals surface area contributed by atoms with Crippen molar-refractivity contribution in [3.8, 4) is 11.1 Å². The van der Waals surface area contributed by atoms with Crippen LogP contribution in [0.2, 0.25) is 0 Å². The summed E-state index contributed by atoms with van der Waals surface area (Å²) in [5.41, 5.74) is 5.61. The molecule has 1 fully saturated rings. The van der Waals surface area contributed by atoms with Gasteiger partial charge in [-0.2, -0.15) is 0 Å². The molecule has 1 saturated heterocycles. The van der Waals surface area contributed by atoms with Crippen molar-refractivity contribution in [3.63, 3.8) is 0 Å². The first-order valence-electron chi connectivity index (χ1n) is 9.71. The molecule has 2 aromatic rings. The number of allylic oxidation sites excluding steroid dienone is 4. The van der Waals surface area contributed by atoms with Gasteiger partial charge in [-0.1, -0.05) is 48.5 Å². The van der Waals surface area contributed by atoms with Gasteiger partial charge in [-0.15, -0.1) is 0 Å². The lowest BCUT2D eigenvalue weighted by Gasteiger charge is -2.27. The van der Waals surface area contributed by atoms with Gasteiger partial charge in [-0.3, -0.25) is 20.5 Å². The average molecular weight is 385 g/mol. The quantitative estimate of drug-likeness (QED) is 0.608. The Balaban J connectivity index is 1.60. The Hall–Kier alpha value is -3.15. The molecule has 0 spiro atoms. The third-order valence-corrected chi connectivity index (χ3v) is 5.34. The van der Waals surface area contributed by atoms with Gasteiger partial charge < -0.3 is 4.74 Å². The Bertz CT molecular complexity index is 1010. The molecule has 0 unspecified atom stereocenters. The van der Waals surface area contributed by atoms with E-state index in [9.17, 15) is 4.79 Å². The van der Waals surface area contributed by atoms with Crippen LogP contribution < -0.4 is 0 Å². The minimum atomic E-state index is -0.0302. The number of aldehydes is 1. The maximum absolute atomic E-state index is 11.2. The van der Waals surface area contributed by atoms with Crippen LogP contribution in [0, 0.1) is 10.8 Å². The van der Waals surface area contributed by atoms with Gasteiger partial charge in [-0.25, -0.2) is 0 Å². The Morgan fingerprint density at radius 3 is 2.34 bits per heavy atom. The zero-order chi connectivity index (χ0) is 20.2. The van der Waals surface area contributed by atoms with Crippen LogP contribution in [0.3, 0.4) is 0 Å². The molecule has 1 aliphatic carbocycles. The molecule has 2 aliphatic rings. The molecule has 0 saturated carbocycles. The summed E-state index contributed by atoms with van der Waals surface area (Å²) in [6, 6.07) is 16.6. The molecule has 2 N–H and O–H groups in total. The van der Waals surface area contributed by atoms with E-state index in [1.165, 1.54) is 11.1 Å². The highest BCUT2D eigenvalue weighted by atomic mass is 16.5. The van der Waals surface area contributed by atoms with E-state index < -0.39 is 0 Å². The van der Waals surface area contributed by atoms with Crippen LogP contribution in [0.1, 0.15) is 11.1 Å². The summed E-state index contributed by atoms with van der Waals surface area (Å²) in [6.07, 6.45) is 3.95. The number of hydrogen-bond acceptors (Lipinski definition) is 5. The van der Waals surface area contributed by atoms with Crippen LogP contribution in [0.25, 0.3) is 16.7 Å². The molecule has 5 heteroatoms. The monoisotopic (exact) mass is 385 g/mol. The Morgan fingerprint density at radius 2 is 1.62 bits per heavy atom. The first-order chi connectivity index (χ1) is 14.2. The van der Waals surface area contributed by atoms with Crippen LogP contribution in [-0.4, -0.2) is 48.9 Å². The average Bonchev–Trinajstić information content (AvgIpc) is 2.77. The maximum atomic E-state index is 11.2. The number of nitrogens with one attached hydrogen (secondary N) is 2. The molecular formula is C24H23N3O2. The molecule has 2 aromatic carbocycles. The topological polar surface area (TPSA) is 77.2 Å². The van der Waals surface area contributed by atoms with Crippen LogP contribution >= 0.6 is 0 Å². The summed E-state index contributed by atoms with van der Waals surface area (Å²) in [4.78, 5) is 13.6. The van der Waals surface area contributed by atoms with Crippen molar-refractivity contribution in [3.05, 3.63) is 77.4 Å². The highest BCUT2D eigenvalue weighted by Gasteiger charge is 2.17. The summed E-state index contributed by atoms with van der Waals surface area (Å²) >= 11 is 0. The Morgan fingerprint density at radius 1 is 0.931 bits per heavy atom. The van der Waals surface area contributed by atoms with Crippen LogP contribution in [0.15, 0.2) is 66.3 Å². The second-order valence-corrected chi connectivity index (χ2v) is 7.23. The summed E-state index contributed by atoms with van der Waals surface area (Å²) in [5, 5.41) is 15.7. The third kappa shape index (κ3) is 4.16. The summed E-state index contributed by atoms with van der Waals surface area (Å²) in [6.45, 7) is 4.38. The van der Waals surface area contributed by atoms with Gasteiger partial charge >= 0.3 is 0 Å². The number of rotatable bonds is 5. The van der Waals surface area contributed by atoms with E-state index in [1.54, 1.807) is 12.2 Å². The normalized spacial score (nSPS) is 17.7. The lowest BCUT2D eigenvalue weighted by Crippen LogP contribution is -2.35. The number of nitrogens with zero attached hydrogens (tertiary/aromatic N) is 1. The zero-order valence-electron chi connectivity index (χ0n) is 16.2. The largest absolute Gasteiger partial charge is 0.379 e. The molecule has 1 aliphatic heterocycles. The molecule has 0 radical (unpaired) electrons. The fraction of sp³-hybridized carbons (Fsp3) is 0.208. The highest BCUT2D eigenvalue weighted by Crippen LogP contribution is 2.28. The summed E-state index contributed by atoms with van der Waals surface area (Å²) < 4.78 is 5.45. The zero-order valence-corrected chi connectivity index (χ0v) is 16.2. The molecule has 146 valence electrons. The van der Waals surface area contributed by atoms with Crippen molar-refractivity contribution in [2.45, 2.75) is 6.54 Å². The molecule has 5 nitrogen and oxygen atoms in total. The van der Waals surface area contributed by atoms with Crippen LogP contribution in [-0.2, 0) is 16.1 Å². The molecule has 0 aromatic heterocycles. The van der Waals surface area contributed by atoms with E-state index in [0.29, 0.717) is 6.29 Å².